The molecule has 0 aliphatic carbocycles. The smallest absolute Gasteiger partial charge is 0.125 e. The number of H-pyrrole nitrogens is 1. The van der Waals surface area contributed by atoms with Crippen LogP contribution in [0.15, 0.2) is 90.5 Å². The molecule has 0 saturated carbocycles. The minimum absolute atomic E-state index is 0.485. The van der Waals surface area contributed by atoms with Gasteiger partial charge in [0.25, 0.3) is 0 Å². The van der Waals surface area contributed by atoms with Crippen molar-refractivity contribution in [3.05, 3.63) is 102 Å². The van der Waals surface area contributed by atoms with Gasteiger partial charge < -0.3 is 16.0 Å². The number of aromatic amines is 1. The van der Waals surface area contributed by atoms with Gasteiger partial charge in [0.15, 0.2) is 0 Å². The van der Waals surface area contributed by atoms with E-state index in [2.05, 4.69) is 69.0 Å². The van der Waals surface area contributed by atoms with Gasteiger partial charge in [-0.2, -0.15) is 0 Å². The van der Waals surface area contributed by atoms with Crippen LogP contribution in [0.1, 0.15) is 30.8 Å². The van der Waals surface area contributed by atoms with Gasteiger partial charge in [0.2, 0.25) is 0 Å². The topological polar surface area (TPSA) is 105 Å². The predicted molar refractivity (Wildman–Crippen MR) is 160 cm³/mol. The fourth-order valence-corrected chi connectivity index (χ4v) is 4.14. The molecular formula is C31H33N7. The summed E-state index contributed by atoms with van der Waals surface area (Å²) in [5.41, 5.74) is 14.9. The summed E-state index contributed by atoms with van der Waals surface area (Å²) in [6, 6.07) is 10.3. The van der Waals surface area contributed by atoms with Crippen LogP contribution in [0.2, 0.25) is 0 Å². The second kappa shape index (κ2) is 13.4. The largest absolute Gasteiger partial charge is 0.388 e. The maximum absolute atomic E-state index is 6.14. The van der Waals surface area contributed by atoms with Crippen LogP contribution in [0.25, 0.3) is 27.7 Å². The first-order valence-corrected chi connectivity index (χ1v) is 12.3. The number of hydrogen-bond acceptors (Lipinski definition) is 5. The van der Waals surface area contributed by atoms with E-state index in [-0.39, 0.29) is 0 Å². The molecule has 7 heteroatoms. The number of aliphatic imine (C=N–C) groups is 1. The zero-order chi connectivity index (χ0) is 27.5. The van der Waals surface area contributed by atoms with E-state index < -0.39 is 0 Å². The van der Waals surface area contributed by atoms with Crippen LogP contribution in [0.4, 0.5) is 5.69 Å². The molecule has 0 bridgehead atoms. The van der Waals surface area contributed by atoms with E-state index in [1.807, 2.05) is 57.7 Å². The summed E-state index contributed by atoms with van der Waals surface area (Å²) in [6.07, 6.45) is 21.7. The van der Waals surface area contributed by atoms with Crippen LogP contribution in [-0.2, 0) is 6.42 Å². The number of aromatic nitrogens is 4. The summed E-state index contributed by atoms with van der Waals surface area (Å²) in [6.45, 7) is 8.50. The summed E-state index contributed by atoms with van der Waals surface area (Å²) in [4.78, 5) is 21.3. The molecule has 0 aliphatic rings. The van der Waals surface area contributed by atoms with Gasteiger partial charge in [-0.05, 0) is 54.8 Å². The molecule has 38 heavy (non-hydrogen) atoms. The lowest BCUT2D eigenvalue weighted by Gasteiger charge is -2.12. The third kappa shape index (κ3) is 6.23. The number of nitrogens with zero attached hydrogens (tertiary/aromatic N) is 4. The normalized spacial score (nSPS) is 12.1. The Kier molecular flexibility index (Phi) is 9.72. The molecule has 1 aromatic carbocycles. The van der Waals surface area contributed by atoms with Crippen LogP contribution in [0.5, 0.6) is 0 Å². The Bertz CT molecular complexity index is 1510. The first-order valence-electron chi connectivity index (χ1n) is 12.3. The number of amidine groups is 1. The van der Waals surface area contributed by atoms with Crippen molar-refractivity contribution >= 4 is 28.1 Å². The monoisotopic (exact) mass is 503 g/mol. The van der Waals surface area contributed by atoms with Crippen LogP contribution in [-0.4, -0.2) is 39.4 Å². The summed E-state index contributed by atoms with van der Waals surface area (Å²) in [7, 11) is 1.93. The molecule has 0 spiro atoms. The fraction of sp³-hybridized carbons (Fsp3) is 0.161. The molecule has 7 nitrogen and oxygen atoms in total. The van der Waals surface area contributed by atoms with Gasteiger partial charge in [-0.1, -0.05) is 30.9 Å². The number of fused-ring (bicyclic) bond motifs is 1. The van der Waals surface area contributed by atoms with Gasteiger partial charge in [0, 0.05) is 61.0 Å². The Morgan fingerprint density at radius 2 is 2.00 bits per heavy atom. The number of benzene rings is 1. The molecule has 0 saturated heterocycles. The number of nitrogens with one attached hydrogen (secondary N) is 2. The second-order valence-electron chi connectivity index (χ2n) is 8.21. The Balaban J connectivity index is 0.00000195. The lowest BCUT2D eigenvalue weighted by atomic mass is 9.97. The SMILES string of the molecule is C#C.C=C/C(=C\C(=C/C)c1ccc(NC)c(Cc2nc3c(-c4cccnc4)cncc3[nH]2)c1)C(N)=NCC. The van der Waals surface area contributed by atoms with Crippen LogP contribution in [0, 0.1) is 12.8 Å². The van der Waals surface area contributed by atoms with E-state index in [0.29, 0.717) is 18.8 Å². The predicted octanol–water partition coefficient (Wildman–Crippen LogP) is 5.79. The van der Waals surface area contributed by atoms with Crippen LogP contribution in [0.3, 0.4) is 0 Å². The first-order chi connectivity index (χ1) is 18.6. The van der Waals surface area contributed by atoms with Crippen molar-refractivity contribution in [1.29, 1.82) is 0 Å². The Labute approximate surface area is 224 Å². The zero-order valence-electron chi connectivity index (χ0n) is 22.1. The molecule has 3 aromatic heterocycles. The van der Waals surface area contributed by atoms with Crippen molar-refractivity contribution in [1.82, 2.24) is 19.9 Å². The van der Waals surface area contributed by atoms with E-state index >= 15 is 0 Å². The second-order valence-corrected chi connectivity index (χ2v) is 8.21. The Morgan fingerprint density at radius 1 is 1.18 bits per heavy atom. The van der Waals surface area contributed by atoms with Gasteiger partial charge in [0.1, 0.15) is 11.7 Å². The number of allylic oxidation sites excluding steroid dienone is 3. The number of rotatable bonds is 9. The zero-order valence-corrected chi connectivity index (χ0v) is 22.1. The third-order valence-electron chi connectivity index (χ3n) is 5.95. The molecular weight excluding hydrogens is 470 g/mol. The Morgan fingerprint density at radius 3 is 2.66 bits per heavy atom. The first kappa shape index (κ1) is 27.6. The van der Waals surface area contributed by atoms with E-state index in [1.54, 1.807) is 12.3 Å². The van der Waals surface area contributed by atoms with Crippen molar-refractivity contribution in [2.75, 3.05) is 18.9 Å². The highest BCUT2D eigenvalue weighted by atomic mass is 14.9. The van der Waals surface area contributed by atoms with Gasteiger partial charge in [-0.15, -0.1) is 12.8 Å². The molecule has 4 aromatic rings. The van der Waals surface area contributed by atoms with Gasteiger partial charge in [-0.25, -0.2) is 4.98 Å². The molecule has 192 valence electrons. The molecule has 0 radical (unpaired) electrons. The lowest BCUT2D eigenvalue weighted by molar-refractivity contribution is 1.04. The summed E-state index contributed by atoms with van der Waals surface area (Å²) < 4.78 is 0. The van der Waals surface area contributed by atoms with Crippen molar-refractivity contribution in [3.63, 3.8) is 0 Å². The average molecular weight is 504 g/mol. The van der Waals surface area contributed by atoms with Crippen molar-refractivity contribution in [2.45, 2.75) is 20.3 Å². The van der Waals surface area contributed by atoms with Crippen molar-refractivity contribution in [2.24, 2.45) is 10.7 Å². The molecule has 3 heterocycles. The maximum Gasteiger partial charge on any atom is 0.125 e. The number of anilines is 1. The quantitative estimate of drug-likeness (QED) is 0.116. The van der Waals surface area contributed by atoms with Gasteiger partial charge in [-0.3, -0.25) is 15.0 Å². The minimum atomic E-state index is 0.485. The van der Waals surface area contributed by atoms with Gasteiger partial charge in [0.05, 0.1) is 17.2 Å². The summed E-state index contributed by atoms with van der Waals surface area (Å²) >= 11 is 0. The highest BCUT2D eigenvalue weighted by Gasteiger charge is 2.13. The van der Waals surface area contributed by atoms with Crippen LogP contribution >= 0.6 is 0 Å². The minimum Gasteiger partial charge on any atom is -0.388 e. The molecule has 0 unspecified atom stereocenters. The fourth-order valence-electron chi connectivity index (χ4n) is 4.14. The van der Waals surface area contributed by atoms with Crippen molar-refractivity contribution in [3.8, 4) is 24.0 Å². The summed E-state index contributed by atoms with van der Waals surface area (Å²) in [5, 5.41) is 3.31. The lowest BCUT2D eigenvalue weighted by Crippen LogP contribution is -2.14. The van der Waals surface area contributed by atoms with E-state index in [4.69, 9.17) is 10.7 Å². The van der Waals surface area contributed by atoms with Crippen molar-refractivity contribution < 1.29 is 0 Å². The molecule has 0 aliphatic heterocycles. The van der Waals surface area contributed by atoms with Crippen LogP contribution < -0.4 is 11.1 Å². The van der Waals surface area contributed by atoms with E-state index in [9.17, 15) is 0 Å². The molecule has 4 N–H and O–H groups in total. The highest BCUT2D eigenvalue weighted by molar-refractivity contribution is 6.02. The molecule has 0 fully saturated rings. The number of nitrogens with two attached hydrogens (primary N) is 1. The third-order valence-corrected chi connectivity index (χ3v) is 5.95. The maximum atomic E-state index is 6.14. The highest BCUT2D eigenvalue weighted by Crippen LogP contribution is 2.29. The van der Waals surface area contributed by atoms with E-state index in [1.165, 1.54) is 0 Å². The molecule has 4 rings (SSSR count). The number of hydrogen-bond donors (Lipinski definition) is 3. The number of pyridine rings is 2. The number of terminal acetylenes is 1. The molecule has 0 amide bonds. The van der Waals surface area contributed by atoms with E-state index in [0.717, 1.165) is 55.9 Å². The number of imidazole rings is 1. The summed E-state index contributed by atoms with van der Waals surface area (Å²) in [5.74, 6) is 1.35. The standard InChI is InChI=1S/C29H31N7.C2H2/c1-5-19(13-20(6-2)29(30)34-7-3)21-10-11-25(31-4)23(14-21)15-27-35-26-18-33-17-24(28(26)36-27)22-9-8-12-32-16-22;1-2/h5-6,8-14,16-18,31H,2,7,15H2,1,3-4H3,(H2,30,34)(H,35,36);1-2H/b19-5+,20-13+;. The van der Waals surface area contributed by atoms with Gasteiger partial charge >= 0.3 is 0 Å². The molecule has 0 atom stereocenters. The Hall–Kier alpha value is -4.96. The average Bonchev–Trinajstić information content (AvgIpc) is 3.38.